The molecule has 1 aliphatic carbocycles. The maximum Gasteiger partial charge on any atom is 0.309 e. The zero-order valence-electron chi connectivity index (χ0n) is 10.1. The van der Waals surface area contributed by atoms with Gasteiger partial charge < -0.3 is 4.74 Å². The second-order valence-corrected chi connectivity index (χ2v) is 4.27. The summed E-state index contributed by atoms with van der Waals surface area (Å²) in [5.41, 5.74) is 1.68. The van der Waals surface area contributed by atoms with E-state index in [1.165, 1.54) is 4.68 Å². The number of hydrogen-bond donors (Lipinski definition) is 0. The normalized spacial score (nSPS) is 18.6. The molecule has 0 radical (unpaired) electrons. The minimum absolute atomic E-state index is 0.128. The lowest BCUT2D eigenvalue weighted by atomic mass is 9.87. The van der Waals surface area contributed by atoms with Crippen LogP contribution in [0.5, 0.6) is 0 Å². The average Bonchev–Trinajstić information content (AvgIpc) is 2.30. The Labute approximate surface area is 99.4 Å². The van der Waals surface area contributed by atoms with Crippen molar-refractivity contribution in [3.05, 3.63) is 27.7 Å². The minimum atomic E-state index is -0.168. The first-order valence-corrected chi connectivity index (χ1v) is 5.84. The van der Waals surface area contributed by atoms with Crippen LogP contribution in [0, 0.1) is 5.92 Å². The molecule has 0 bridgehead atoms. The summed E-state index contributed by atoms with van der Waals surface area (Å²) in [4.78, 5) is 23.1. The highest BCUT2D eigenvalue weighted by atomic mass is 16.5. The number of carbonyl (C=O) groups is 1. The number of rotatable bonds is 2. The standard InChI is InChI=1S/C12H16N2O3/c1-3-17-12(16)8-4-5-10-9(6-8)7-11(15)14(2)13-10/h7-8H,3-6H2,1-2H3. The monoisotopic (exact) mass is 236 g/mol. The van der Waals surface area contributed by atoms with Crippen molar-refractivity contribution >= 4 is 5.97 Å². The van der Waals surface area contributed by atoms with Gasteiger partial charge in [-0.2, -0.15) is 5.10 Å². The summed E-state index contributed by atoms with van der Waals surface area (Å²) in [6.07, 6.45) is 2.04. The predicted molar refractivity (Wildman–Crippen MR) is 61.6 cm³/mol. The molecule has 1 atom stereocenters. The molecule has 0 saturated carbocycles. The van der Waals surface area contributed by atoms with Crippen LogP contribution >= 0.6 is 0 Å². The van der Waals surface area contributed by atoms with Gasteiger partial charge in [0, 0.05) is 13.1 Å². The van der Waals surface area contributed by atoms with Gasteiger partial charge >= 0.3 is 5.97 Å². The summed E-state index contributed by atoms with van der Waals surface area (Å²) in [5, 5.41) is 4.21. The summed E-state index contributed by atoms with van der Waals surface area (Å²) in [6.45, 7) is 2.20. The molecular formula is C12H16N2O3. The Morgan fingerprint density at radius 3 is 3.12 bits per heavy atom. The van der Waals surface area contributed by atoms with Crippen molar-refractivity contribution < 1.29 is 9.53 Å². The van der Waals surface area contributed by atoms with Gasteiger partial charge in [-0.15, -0.1) is 0 Å². The number of fused-ring (bicyclic) bond motifs is 1. The van der Waals surface area contributed by atoms with Crippen LogP contribution in [0.15, 0.2) is 10.9 Å². The van der Waals surface area contributed by atoms with Gasteiger partial charge in [0.1, 0.15) is 0 Å². The largest absolute Gasteiger partial charge is 0.466 e. The molecule has 1 heterocycles. The summed E-state index contributed by atoms with van der Waals surface area (Å²) < 4.78 is 6.34. The number of ether oxygens (including phenoxy) is 1. The van der Waals surface area contributed by atoms with E-state index in [1.807, 2.05) is 0 Å². The fraction of sp³-hybridized carbons (Fsp3) is 0.583. The molecule has 0 aromatic carbocycles. The molecule has 92 valence electrons. The van der Waals surface area contributed by atoms with Crippen LogP contribution < -0.4 is 5.56 Å². The maximum atomic E-state index is 11.6. The van der Waals surface area contributed by atoms with Gasteiger partial charge in [-0.05, 0) is 31.7 Å². The fourth-order valence-corrected chi connectivity index (χ4v) is 2.15. The van der Waals surface area contributed by atoms with Gasteiger partial charge in [-0.3, -0.25) is 9.59 Å². The Kier molecular flexibility index (Phi) is 3.26. The average molecular weight is 236 g/mol. The first kappa shape index (κ1) is 11.8. The van der Waals surface area contributed by atoms with Crippen LogP contribution in [0.4, 0.5) is 0 Å². The van der Waals surface area contributed by atoms with Crippen molar-refractivity contribution in [2.45, 2.75) is 26.2 Å². The minimum Gasteiger partial charge on any atom is -0.466 e. The molecule has 17 heavy (non-hydrogen) atoms. The molecule has 1 aromatic heterocycles. The van der Waals surface area contributed by atoms with Gasteiger partial charge in [-0.1, -0.05) is 0 Å². The van der Waals surface area contributed by atoms with Crippen molar-refractivity contribution in [1.82, 2.24) is 9.78 Å². The third-order valence-corrected chi connectivity index (χ3v) is 3.07. The van der Waals surface area contributed by atoms with Gasteiger partial charge in [-0.25, -0.2) is 4.68 Å². The SMILES string of the molecule is CCOC(=O)C1CCc2nn(C)c(=O)cc2C1. The smallest absolute Gasteiger partial charge is 0.309 e. The van der Waals surface area contributed by atoms with Crippen LogP contribution in [0.25, 0.3) is 0 Å². The molecule has 0 amide bonds. The van der Waals surface area contributed by atoms with Gasteiger partial charge in [0.2, 0.25) is 0 Å². The topological polar surface area (TPSA) is 61.2 Å². The maximum absolute atomic E-state index is 11.6. The lowest BCUT2D eigenvalue weighted by molar-refractivity contribution is -0.148. The quantitative estimate of drug-likeness (QED) is 0.699. The van der Waals surface area contributed by atoms with E-state index < -0.39 is 0 Å². The van der Waals surface area contributed by atoms with Crippen LogP contribution in [0.2, 0.25) is 0 Å². The van der Waals surface area contributed by atoms with E-state index in [4.69, 9.17) is 4.74 Å². The second kappa shape index (κ2) is 4.69. The third kappa shape index (κ3) is 2.38. The van der Waals surface area contributed by atoms with Crippen molar-refractivity contribution in [3.63, 3.8) is 0 Å². The molecule has 0 fully saturated rings. The Morgan fingerprint density at radius 1 is 1.65 bits per heavy atom. The van der Waals surface area contributed by atoms with Crippen molar-refractivity contribution in [1.29, 1.82) is 0 Å². The second-order valence-electron chi connectivity index (χ2n) is 4.27. The predicted octanol–water partition coefficient (Wildman–Crippen LogP) is 0.448. The molecule has 0 N–H and O–H groups in total. The number of carbonyl (C=O) groups excluding carboxylic acids is 1. The molecule has 0 aliphatic heterocycles. The number of aryl methyl sites for hydroxylation is 2. The molecule has 0 saturated heterocycles. The Balaban J connectivity index is 2.21. The fourth-order valence-electron chi connectivity index (χ4n) is 2.15. The van der Waals surface area contributed by atoms with Crippen LogP contribution in [-0.4, -0.2) is 22.4 Å². The first-order valence-electron chi connectivity index (χ1n) is 5.84. The van der Waals surface area contributed by atoms with Crippen molar-refractivity contribution in [2.24, 2.45) is 13.0 Å². The van der Waals surface area contributed by atoms with Gasteiger partial charge in [0.25, 0.3) is 5.56 Å². The van der Waals surface area contributed by atoms with E-state index in [2.05, 4.69) is 5.10 Å². The van der Waals surface area contributed by atoms with E-state index in [0.717, 1.165) is 24.1 Å². The highest BCUT2D eigenvalue weighted by Crippen LogP contribution is 2.23. The zero-order chi connectivity index (χ0) is 12.4. The lowest BCUT2D eigenvalue weighted by Gasteiger charge is -2.22. The molecule has 2 rings (SSSR count). The molecule has 5 nitrogen and oxygen atoms in total. The van der Waals surface area contributed by atoms with Gasteiger partial charge in [0.15, 0.2) is 0 Å². The summed E-state index contributed by atoms with van der Waals surface area (Å²) >= 11 is 0. The number of hydrogen-bond acceptors (Lipinski definition) is 4. The third-order valence-electron chi connectivity index (χ3n) is 3.07. The Bertz CT molecular complexity index is 493. The summed E-state index contributed by atoms with van der Waals surface area (Å²) in [6, 6.07) is 1.58. The number of aromatic nitrogens is 2. The zero-order valence-corrected chi connectivity index (χ0v) is 10.1. The number of nitrogens with zero attached hydrogens (tertiary/aromatic N) is 2. The molecule has 0 spiro atoms. The lowest BCUT2D eigenvalue weighted by Crippen LogP contribution is -2.29. The van der Waals surface area contributed by atoms with E-state index in [9.17, 15) is 9.59 Å². The van der Waals surface area contributed by atoms with Crippen molar-refractivity contribution in [3.8, 4) is 0 Å². The van der Waals surface area contributed by atoms with E-state index in [-0.39, 0.29) is 17.4 Å². The highest BCUT2D eigenvalue weighted by Gasteiger charge is 2.27. The summed E-state index contributed by atoms with van der Waals surface area (Å²) in [5.74, 6) is -0.296. The number of esters is 1. The summed E-state index contributed by atoms with van der Waals surface area (Å²) in [7, 11) is 1.64. The molecular weight excluding hydrogens is 220 g/mol. The first-order chi connectivity index (χ1) is 8.11. The Hall–Kier alpha value is -1.65. The molecule has 1 aliphatic rings. The molecule has 1 aromatic rings. The van der Waals surface area contributed by atoms with Crippen LogP contribution in [0.1, 0.15) is 24.6 Å². The van der Waals surface area contributed by atoms with E-state index in [0.29, 0.717) is 13.0 Å². The molecule has 5 heteroatoms. The van der Waals surface area contributed by atoms with Crippen molar-refractivity contribution in [2.75, 3.05) is 6.61 Å². The van der Waals surface area contributed by atoms with Crippen LogP contribution in [0.3, 0.4) is 0 Å². The molecule has 1 unspecified atom stereocenters. The van der Waals surface area contributed by atoms with Gasteiger partial charge in [0.05, 0.1) is 18.2 Å². The van der Waals surface area contributed by atoms with E-state index >= 15 is 0 Å². The Morgan fingerprint density at radius 2 is 2.41 bits per heavy atom. The van der Waals surface area contributed by atoms with E-state index in [1.54, 1.807) is 20.0 Å². The highest BCUT2D eigenvalue weighted by molar-refractivity contribution is 5.73. The van der Waals surface area contributed by atoms with Crippen LogP contribution in [-0.2, 0) is 29.4 Å².